The second-order valence-corrected chi connectivity index (χ2v) is 14.9. The average Bonchev–Trinajstić information content (AvgIpc) is 2.95. The van der Waals surface area contributed by atoms with Crippen LogP contribution in [0.25, 0.3) is 0 Å². The summed E-state index contributed by atoms with van der Waals surface area (Å²) in [5, 5.41) is 20.7. The van der Waals surface area contributed by atoms with Gasteiger partial charge in [0.2, 0.25) is 0 Å². The maximum absolute atomic E-state index is 12.4. The summed E-state index contributed by atoms with van der Waals surface area (Å²) in [4.78, 5) is 17.5. The third-order valence-corrected chi connectivity index (χ3v) is 7.60. The number of rotatable bonds is 4. The van der Waals surface area contributed by atoms with E-state index in [2.05, 4.69) is 28.8 Å². The Kier molecular flexibility index (Phi) is 22.0. The van der Waals surface area contributed by atoms with E-state index in [1.54, 1.807) is 0 Å². The molecular weight excluding hydrogens is 884 g/mol. The number of alkyl halides is 9. The van der Waals surface area contributed by atoms with Gasteiger partial charge >= 0.3 is 48.1 Å². The summed E-state index contributed by atoms with van der Waals surface area (Å²) in [5.74, 6) is 0. The second-order valence-electron chi connectivity index (χ2n) is 9.16. The van der Waals surface area contributed by atoms with Crippen LogP contribution in [-0.4, -0.2) is 54.2 Å². The van der Waals surface area contributed by atoms with Gasteiger partial charge in [0.15, 0.2) is 19.7 Å². The van der Waals surface area contributed by atoms with E-state index >= 15 is 0 Å². The van der Waals surface area contributed by atoms with Crippen LogP contribution in [0.2, 0.25) is 0 Å². The van der Waals surface area contributed by atoms with E-state index in [1.165, 1.54) is 0 Å². The SMILES string of the molecule is C#C.CS(=O)(=O)c1cc(N)cc(C(F)(F)F)c1.CS(=O)(=O)c1cc([N+](=O)[O-])cc(C(F)(F)F)c1.CS(=O)[O-].O=[N+]([O-])c1cc(Br)cc(C(F)(F)F)c1.[Na+]. The largest absolute Gasteiger partial charge is 1.00 e. The van der Waals surface area contributed by atoms with Gasteiger partial charge in [-0.3, -0.25) is 24.4 Å². The molecule has 3 aromatic rings. The van der Waals surface area contributed by atoms with Gasteiger partial charge in [0.25, 0.3) is 11.4 Å². The summed E-state index contributed by atoms with van der Waals surface area (Å²) >= 11 is 0.908. The van der Waals surface area contributed by atoms with Gasteiger partial charge in [-0.2, -0.15) is 39.5 Å². The Balaban J connectivity index is -0.000000653. The molecule has 0 spiro atoms. The summed E-state index contributed by atoms with van der Waals surface area (Å²) in [6.45, 7) is 0. The Labute approximate surface area is 328 Å². The van der Waals surface area contributed by atoms with Crippen LogP contribution in [-0.2, 0) is 49.3 Å². The van der Waals surface area contributed by atoms with Crippen LogP contribution in [0.5, 0.6) is 0 Å². The standard InChI is InChI=1S/C8H6F3NO4S.C8H8F3NO2S.C7H3BrF3NO2.C2H2.CH4O2S.Na/c1-17(15,16)7-3-5(8(9,10)11)2-6(4-7)12(13)14;1-15(13,14)7-3-5(8(9,10)11)2-6(12)4-7;8-5-1-4(7(9,10)11)2-6(3-5)12(13)14;1-2;1-4(2)3;/h2-4H,1H3;2-4H,12H2,1H3;1-3H;1-2H;1H3,(H,2,3);/q;;;;;+1/p-1. The van der Waals surface area contributed by atoms with Gasteiger partial charge in [-0.15, -0.1) is 12.8 Å². The number of halogens is 10. The molecule has 0 heterocycles. The Hall–Kier alpha value is -3.32. The molecule has 53 heavy (non-hydrogen) atoms. The summed E-state index contributed by atoms with van der Waals surface area (Å²) in [6, 6.07) is 5.76. The van der Waals surface area contributed by atoms with Crippen LogP contribution in [0.4, 0.5) is 56.6 Å². The molecule has 0 radical (unpaired) electrons. The van der Waals surface area contributed by atoms with Crippen molar-refractivity contribution in [1.82, 2.24) is 0 Å². The Morgan fingerprint density at radius 1 is 0.660 bits per heavy atom. The van der Waals surface area contributed by atoms with Crippen molar-refractivity contribution < 1.29 is 105 Å². The predicted octanol–water partition coefficient (Wildman–Crippen LogP) is 3.83. The molecule has 3 aromatic carbocycles. The van der Waals surface area contributed by atoms with E-state index < -0.39 is 97.0 Å². The molecule has 0 amide bonds. The predicted molar refractivity (Wildman–Crippen MR) is 171 cm³/mol. The van der Waals surface area contributed by atoms with Crippen molar-refractivity contribution >= 4 is 63.7 Å². The number of nitrogens with two attached hydrogens (primary N) is 1. The van der Waals surface area contributed by atoms with Gasteiger partial charge in [-0.05, 0) is 36.6 Å². The Bertz CT molecular complexity index is 2010. The molecule has 0 fully saturated rings. The molecule has 290 valence electrons. The summed E-state index contributed by atoms with van der Waals surface area (Å²) in [6.07, 6.45) is -3.44. The quantitative estimate of drug-likeness (QED) is 0.0754. The number of nitro groups is 2. The molecule has 0 aliphatic carbocycles. The van der Waals surface area contributed by atoms with Crippen molar-refractivity contribution in [2.45, 2.75) is 28.3 Å². The molecule has 0 saturated heterocycles. The minimum Gasteiger partial charge on any atom is -0.773 e. The average molecular weight is 907 g/mol. The van der Waals surface area contributed by atoms with Gasteiger partial charge in [-0.25, -0.2) is 16.8 Å². The second kappa shape index (κ2) is 21.5. The van der Waals surface area contributed by atoms with Crippen molar-refractivity contribution in [2.24, 2.45) is 0 Å². The summed E-state index contributed by atoms with van der Waals surface area (Å²) < 4.78 is 173. The van der Waals surface area contributed by atoms with E-state index in [9.17, 15) is 76.6 Å². The third kappa shape index (κ3) is 21.2. The summed E-state index contributed by atoms with van der Waals surface area (Å²) in [7, 11) is -7.63. The van der Waals surface area contributed by atoms with Crippen LogP contribution < -0.4 is 35.3 Å². The first-order valence-corrected chi connectivity index (χ1v) is 18.3. The van der Waals surface area contributed by atoms with Crippen molar-refractivity contribution in [3.63, 3.8) is 0 Å². The number of sulfone groups is 2. The van der Waals surface area contributed by atoms with Crippen LogP contribution in [0.3, 0.4) is 0 Å². The fourth-order valence-electron chi connectivity index (χ4n) is 2.91. The molecule has 2 N–H and O–H groups in total. The van der Waals surface area contributed by atoms with E-state index in [0.29, 0.717) is 36.6 Å². The number of hydrogen-bond acceptors (Lipinski definition) is 11. The molecule has 13 nitrogen and oxygen atoms in total. The number of anilines is 1. The number of non-ortho nitro benzene ring substituents is 2. The minimum absolute atomic E-state index is 0. The first kappa shape index (κ1) is 54.0. The normalized spacial score (nSPS) is 11.8. The number of nitrogen functional groups attached to an aromatic ring is 1. The molecular formula is C26H22BrF9N3NaO10S3. The number of nitrogens with zero attached hydrogens (tertiary/aromatic N) is 2. The maximum Gasteiger partial charge on any atom is 1.00 e. The zero-order valence-corrected chi connectivity index (χ0v) is 32.9. The van der Waals surface area contributed by atoms with Crippen molar-refractivity contribution in [1.29, 1.82) is 0 Å². The van der Waals surface area contributed by atoms with Gasteiger partial charge in [0, 0.05) is 46.9 Å². The Morgan fingerprint density at radius 2 is 0.943 bits per heavy atom. The van der Waals surface area contributed by atoms with Crippen molar-refractivity contribution in [3.8, 4) is 12.8 Å². The van der Waals surface area contributed by atoms with E-state index in [0.717, 1.165) is 30.7 Å². The van der Waals surface area contributed by atoms with Crippen LogP contribution in [0.15, 0.2) is 68.9 Å². The summed E-state index contributed by atoms with van der Waals surface area (Å²) in [5.41, 5.74) is -0.0285. The first-order valence-electron chi connectivity index (χ1n) is 12.3. The maximum atomic E-state index is 12.4. The number of terminal acetylenes is 1. The fraction of sp³-hybridized carbons (Fsp3) is 0.231. The fourth-order valence-corrected chi connectivity index (χ4v) is 4.76. The molecule has 0 aliphatic rings. The molecule has 27 heteroatoms. The molecule has 0 aliphatic heterocycles. The molecule has 0 bridgehead atoms. The number of benzene rings is 3. The smallest absolute Gasteiger partial charge is 0.773 e. The van der Waals surface area contributed by atoms with Crippen molar-refractivity contribution in [3.05, 3.63) is 96.0 Å². The van der Waals surface area contributed by atoms with E-state index in [4.69, 9.17) is 14.5 Å². The third-order valence-electron chi connectivity index (χ3n) is 4.96. The first-order chi connectivity index (χ1) is 23.2. The minimum atomic E-state index is -4.84. The molecule has 1 unspecified atom stereocenters. The number of hydrogen-bond donors (Lipinski definition) is 1. The van der Waals surface area contributed by atoms with Gasteiger partial charge < -0.3 is 10.3 Å². The van der Waals surface area contributed by atoms with Crippen LogP contribution in [0.1, 0.15) is 16.7 Å². The molecule has 0 saturated carbocycles. The van der Waals surface area contributed by atoms with E-state index in [1.807, 2.05) is 0 Å². The molecule has 1 atom stereocenters. The van der Waals surface area contributed by atoms with Gasteiger partial charge in [-0.1, -0.05) is 27.0 Å². The molecule has 3 rings (SSSR count). The van der Waals surface area contributed by atoms with Crippen LogP contribution in [0, 0.1) is 33.1 Å². The number of nitro benzene ring substituents is 2. The van der Waals surface area contributed by atoms with E-state index in [-0.39, 0.29) is 45.8 Å². The monoisotopic (exact) mass is 905 g/mol. The van der Waals surface area contributed by atoms with Gasteiger partial charge in [0.1, 0.15) is 0 Å². The van der Waals surface area contributed by atoms with Crippen molar-refractivity contribution in [2.75, 3.05) is 24.5 Å². The molecule has 0 aromatic heterocycles. The van der Waals surface area contributed by atoms with Gasteiger partial charge in [0.05, 0.1) is 36.3 Å². The topological polar surface area (TPSA) is 221 Å². The zero-order valence-electron chi connectivity index (χ0n) is 26.9. The zero-order chi connectivity index (χ0) is 41.8. The Morgan fingerprint density at radius 3 is 1.25 bits per heavy atom. The van der Waals surface area contributed by atoms with Crippen LogP contribution >= 0.6 is 15.9 Å².